The van der Waals surface area contributed by atoms with Gasteiger partial charge >= 0.3 is 0 Å². The summed E-state index contributed by atoms with van der Waals surface area (Å²) in [6.45, 7) is 11.3. The monoisotopic (exact) mass is 621 g/mol. The minimum Gasteiger partial charge on any atom is -0.395 e. The molecule has 2 N–H and O–H groups in total. The van der Waals surface area contributed by atoms with Gasteiger partial charge in [-0.2, -0.15) is 0 Å². The van der Waals surface area contributed by atoms with Crippen LogP contribution in [0.1, 0.15) is 202 Å². The van der Waals surface area contributed by atoms with Crippen molar-refractivity contribution in [2.24, 2.45) is 0 Å². The summed E-state index contributed by atoms with van der Waals surface area (Å²) in [5.74, 6) is 0. The molecule has 0 bridgehead atoms. The molecule has 0 saturated carbocycles. The number of aliphatic hydroxyl groups excluding tert-OH is 1. The first-order valence-electron chi connectivity index (χ1n) is 19.6. The lowest BCUT2D eigenvalue weighted by molar-refractivity contribution is 0.190. The van der Waals surface area contributed by atoms with E-state index in [1.165, 1.54) is 180 Å². The van der Waals surface area contributed by atoms with Crippen molar-refractivity contribution in [1.82, 2.24) is 10.2 Å². The van der Waals surface area contributed by atoms with E-state index in [4.69, 9.17) is 5.11 Å². The highest BCUT2D eigenvalue weighted by molar-refractivity contribution is 4.82. The third kappa shape index (κ3) is 35.8. The molecule has 0 aliphatic carbocycles. The number of hydrogen-bond acceptors (Lipinski definition) is 3. The molecule has 0 aromatic rings. The number of nitrogens with zero attached hydrogens (tertiary/aromatic N) is 1. The first-order chi connectivity index (χ1) is 21.3. The van der Waals surface area contributed by atoms with Gasteiger partial charge in [0.1, 0.15) is 0 Å². The van der Waals surface area contributed by atoms with E-state index in [0.717, 1.165) is 13.1 Å². The van der Waals surface area contributed by atoms with Crippen LogP contribution in [-0.4, -0.2) is 48.8 Å². The van der Waals surface area contributed by atoms with E-state index in [-0.39, 0.29) is 14.0 Å². The third-order valence-corrected chi connectivity index (χ3v) is 9.08. The lowest BCUT2D eigenvalue weighted by atomic mass is 10.0. The van der Waals surface area contributed by atoms with Gasteiger partial charge in [0.2, 0.25) is 0 Å². The van der Waals surface area contributed by atoms with Crippen LogP contribution in [0, 0.1) is 0 Å². The summed E-state index contributed by atoms with van der Waals surface area (Å²) < 4.78 is 0. The molecule has 1 unspecified atom stereocenters. The molecule has 0 heterocycles. The Bertz CT molecular complexity index is 561. The smallest absolute Gasteiger partial charge is 0.0555 e. The summed E-state index contributed by atoms with van der Waals surface area (Å²) in [5, 5.41) is 12.5. The van der Waals surface area contributed by atoms with E-state index in [9.17, 15) is 0 Å². The summed E-state index contributed by atoms with van der Waals surface area (Å²) in [7, 11) is 0. The minimum absolute atomic E-state index is 0. The molecule has 0 fully saturated rings. The molecule has 0 radical (unpaired) electrons. The molecule has 0 aromatic heterocycles. The van der Waals surface area contributed by atoms with Crippen LogP contribution in [0.15, 0.2) is 24.3 Å². The van der Waals surface area contributed by atoms with Gasteiger partial charge in [-0.05, 0) is 77.7 Å². The predicted octanol–water partition coefficient (Wildman–Crippen LogP) is 12.6. The molecule has 264 valence electrons. The Morgan fingerprint density at radius 3 is 1.32 bits per heavy atom. The van der Waals surface area contributed by atoms with Crippen LogP contribution in [0.5, 0.6) is 0 Å². The maximum atomic E-state index is 9.11. The molecule has 44 heavy (non-hydrogen) atoms. The van der Waals surface area contributed by atoms with Crippen LogP contribution in [0.3, 0.4) is 0 Å². The van der Waals surface area contributed by atoms with Crippen LogP contribution < -0.4 is 5.32 Å². The van der Waals surface area contributed by atoms with Crippen molar-refractivity contribution in [1.29, 1.82) is 0 Å². The van der Waals surface area contributed by atoms with E-state index in [0.29, 0.717) is 12.6 Å². The van der Waals surface area contributed by atoms with Gasteiger partial charge in [-0.25, -0.2) is 0 Å². The highest BCUT2D eigenvalue weighted by atomic mass is 16.3. The molecule has 0 aliphatic rings. The van der Waals surface area contributed by atoms with Crippen LogP contribution >= 0.6 is 0 Å². The summed E-state index contributed by atoms with van der Waals surface area (Å²) >= 11 is 0. The Balaban J connectivity index is 0. The van der Waals surface area contributed by atoms with Crippen LogP contribution in [0.4, 0.5) is 0 Å². The van der Waals surface area contributed by atoms with Gasteiger partial charge in [-0.15, -0.1) is 0 Å². The molecule has 1 atom stereocenters. The van der Waals surface area contributed by atoms with Crippen LogP contribution in [0.2, 0.25) is 0 Å². The molecule has 0 aliphatic heterocycles. The molecule has 3 heteroatoms. The predicted molar refractivity (Wildman–Crippen MR) is 202 cm³/mol. The Labute approximate surface area is 279 Å². The maximum absolute atomic E-state index is 9.11. The lowest BCUT2D eigenvalue weighted by Crippen LogP contribution is -2.39. The van der Waals surface area contributed by atoms with Crippen LogP contribution in [0.25, 0.3) is 0 Å². The van der Waals surface area contributed by atoms with Gasteiger partial charge in [0.15, 0.2) is 0 Å². The van der Waals surface area contributed by atoms with Crippen molar-refractivity contribution in [3.05, 3.63) is 24.3 Å². The second-order valence-corrected chi connectivity index (χ2v) is 13.3. The van der Waals surface area contributed by atoms with Gasteiger partial charge < -0.3 is 10.4 Å². The van der Waals surface area contributed by atoms with E-state index in [1.54, 1.807) is 0 Å². The van der Waals surface area contributed by atoms with Crippen molar-refractivity contribution in [2.75, 3.05) is 32.8 Å². The van der Waals surface area contributed by atoms with E-state index in [2.05, 4.69) is 55.3 Å². The number of hydrogen-bond donors (Lipinski definition) is 2. The van der Waals surface area contributed by atoms with Gasteiger partial charge in [-0.1, -0.05) is 155 Å². The fourth-order valence-electron chi connectivity index (χ4n) is 6.06. The Morgan fingerprint density at radius 1 is 0.500 bits per heavy atom. The first kappa shape index (κ1) is 45.5. The largest absolute Gasteiger partial charge is 0.395 e. The zero-order chi connectivity index (χ0) is 31.3. The van der Waals surface area contributed by atoms with Crippen LogP contribution in [-0.2, 0) is 0 Å². The second-order valence-electron chi connectivity index (χ2n) is 13.3. The zero-order valence-electron chi connectivity index (χ0n) is 29.9. The number of nitrogens with one attached hydrogen (secondary N) is 1. The Hall–Kier alpha value is -0.640. The van der Waals surface area contributed by atoms with E-state index < -0.39 is 0 Å². The highest BCUT2D eigenvalue weighted by Gasteiger charge is 2.13. The van der Waals surface area contributed by atoms with Crippen molar-refractivity contribution in [3.8, 4) is 0 Å². The average Bonchev–Trinajstić information content (AvgIpc) is 3.01. The van der Waals surface area contributed by atoms with Gasteiger partial charge in [-0.3, -0.25) is 4.90 Å². The van der Waals surface area contributed by atoms with E-state index in [1.807, 2.05) is 0 Å². The number of rotatable bonds is 36. The Morgan fingerprint density at radius 2 is 0.886 bits per heavy atom. The summed E-state index contributed by atoms with van der Waals surface area (Å²) in [5.41, 5.74) is 0. The van der Waals surface area contributed by atoms with Crippen molar-refractivity contribution >= 4 is 0 Å². The molecule has 0 aromatic carbocycles. The average molecular weight is 621 g/mol. The van der Waals surface area contributed by atoms with Crippen molar-refractivity contribution < 1.29 is 5.11 Å². The second kappa shape index (κ2) is 40.4. The topological polar surface area (TPSA) is 35.5 Å². The molecule has 3 nitrogen and oxygen atoms in total. The summed E-state index contributed by atoms with van der Waals surface area (Å²) in [6, 6.07) is 0.666. The minimum atomic E-state index is 0. The summed E-state index contributed by atoms with van der Waals surface area (Å²) in [6.07, 6.45) is 46.6. The lowest BCUT2D eigenvalue weighted by Gasteiger charge is -2.29. The van der Waals surface area contributed by atoms with E-state index >= 15 is 0 Å². The van der Waals surface area contributed by atoms with Crippen molar-refractivity contribution in [2.45, 2.75) is 208 Å². The summed E-state index contributed by atoms with van der Waals surface area (Å²) in [4.78, 5) is 2.71. The Kier molecular flexibility index (Phi) is 41.7. The van der Waals surface area contributed by atoms with Crippen molar-refractivity contribution in [3.63, 3.8) is 0 Å². The van der Waals surface area contributed by atoms with Gasteiger partial charge in [0, 0.05) is 25.7 Å². The zero-order valence-corrected chi connectivity index (χ0v) is 29.9. The molecule has 0 spiro atoms. The normalized spacial score (nSPS) is 12.6. The molecule has 0 rings (SSSR count). The fraction of sp³-hybridized carbons (Fsp3) is 0.902. The standard InChI is InChI=1S/C40H80N2O.CH4/c1-4-6-8-10-12-14-16-18-20-22-24-26-28-30-32-34-40(3)42(38-35-41-36-39-43)37-33-31-29-27-25-23-21-19-17-15-13-11-9-7-5-2;/h17-20,40-41,43H,4-16,21-39H2,1-3H3;1H4/b19-17+,20-18-;. The fourth-order valence-corrected chi connectivity index (χ4v) is 6.06. The first-order valence-corrected chi connectivity index (χ1v) is 19.6. The number of allylic oxidation sites excluding steroid dienone is 4. The SMILES string of the molecule is C.CCCCCCC/C=C/CCCCCCCCN(CCNCCO)C(C)CCCCCCC/C=C\CCCCCCCC. The number of aliphatic hydroxyl groups is 1. The third-order valence-electron chi connectivity index (χ3n) is 9.08. The molecule has 0 amide bonds. The number of unbranched alkanes of at least 4 members (excludes halogenated alkanes) is 22. The molecule has 0 saturated heterocycles. The maximum Gasteiger partial charge on any atom is 0.0555 e. The van der Waals surface area contributed by atoms with Gasteiger partial charge in [0.25, 0.3) is 0 Å². The molecular weight excluding hydrogens is 536 g/mol. The highest BCUT2D eigenvalue weighted by Crippen LogP contribution is 2.15. The quantitative estimate of drug-likeness (QED) is 0.0540. The molecular formula is C41H84N2O. The van der Waals surface area contributed by atoms with Gasteiger partial charge in [0.05, 0.1) is 6.61 Å².